The first-order chi connectivity index (χ1) is 24.7. The Labute approximate surface area is 308 Å². The van der Waals surface area contributed by atoms with Gasteiger partial charge in [-0.2, -0.15) is 0 Å². The van der Waals surface area contributed by atoms with Gasteiger partial charge in [0.15, 0.2) is 11.9 Å². The number of phosphoric ester groups is 1. The smallest absolute Gasteiger partial charge is 0.462 e. The maximum absolute atomic E-state index is 12.3. The average Bonchev–Trinajstić information content (AvgIpc) is 3.09. The molecular formula is C41H67O9P. The van der Waals surface area contributed by atoms with E-state index in [0.717, 1.165) is 77.0 Å². The summed E-state index contributed by atoms with van der Waals surface area (Å²) in [6.45, 7) is 3.42. The molecule has 0 aliphatic rings. The highest BCUT2D eigenvalue weighted by molar-refractivity contribution is 7.46. The lowest BCUT2D eigenvalue weighted by Crippen LogP contribution is -2.29. The fourth-order valence-corrected chi connectivity index (χ4v) is 5.12. The maximum Gasteiger partial charge on any atom is 0.469 e. The minimum Gasteiger partial charge on any atom is -0.462 e. The van der Waals surface area contributed by atoms with Gasteiger partial charge in [0.05, 0.1) is 6.61 Å². The largest absolute Gasteiger partial charge is 0.469 e. The van der Waals surface area contributed by atoms with Gasteiger partial charge in [0.1, 0.15) is 6.61 Å². The van der Waals surface area contributed by atoms with Crippen LogP contribution in [0.5, 0.6) is 0 Å². The molecule has 1 atom stereocenters. The predicted octanol–water partition coefficient (Wildman–Crippen LogP) is 10.7. The first-order valence-corrected chi connectivity index (χ1v) is 20.7. The van der Waals surface area contributed by atoms with Gasteiger partial charge >= 0.3 is 19.8 Å². The minimum atomic E-state index is -4.79. The molecule has 0 unspecified atom stereocenters. The van der Waals surface area contributed by atoms with Crippen LogP contribution in [0.4, 0.5) is 0 Å². The molecular weight excluding hydrogens is 667 g/mol. The van der Waals surface area contributed by atoms with Gasteiger partial charge in [-0.05, 0) is 76.7 Å². The summed E-state index contributed by atoms with van der Waals surface area (Å²) in [5.41, 5.74) is 0. The molecule has 0 aliphatic heterocycles. The lowest BCUT2D eigenvalue weighted by atomic mass is 10.1. The Morgan fingerprint density at radius 1 is 0.569 bits per heavy atom. The van der Waals surface area contributed by atoms with Crippen molar-refractivity contribution >= 4 is 25.5 Å². The summed E-state index contributed by atoms with van der Waals surface area (Å²) < 4.78 is 26.2. The average molecular weight is 735 g/mol. The first kappa shape index (κ1) is 48.2. The molecule has 2 N–H and O–H groups in total. The summed E-state index contributed by atoms with van der Waals surface area (Å²) in [4.78, 5) is 54.4. The van der Waals surface area contributed by atoms with Gasteiger partial charge in [-0.25, -0.2) is 4.57 Å². The molecule has 0 bridgehead atoms. The molecule has 0 aromatic carbocycles. The van der Waals surface area contributed by atoms with Crippen LogP contribution in [-0.2, 0) is 32.9 Å². The summed E-state index contributed by atoms with van der Waals surface area (Å²) in [5.74, 6) is -0.847. The number of hydrogen-bond acceptors (Lipinski definition) is 7. The summed E-state index contributed by atoms with van der Waals surface area (Å²) >= 11 is 0. The molecule has 9 nitrogen and oxygen atoms in total. The first-order valence-electron chi connectivity index (χ1n) is 19.2. The molecule has 0 heterocycles. The van der Waals surface area contributed by atoms with Crippen LogP contribution >= 0.6 is 7.82 Å². The number of allylic oxidation sites excluding steroid dienone is 12. The van der Waals surface area contributed by atoms with E-state index in [1.807, 2.05) is 36.5 Å². The molecule has 0 saturated heterocycles. The molecule has 0 amide bonds. The predicted molar refractivity (Wildman–Crippen MR) is 207 cm³/mol. The molecule has 0 spiro atoms. The second kappa shape index (κ2) is 35.6. The van der Waals surface area contributed by atoms with Crippen LogP contribution in [0.25, 0.3) is 0 Å². The van der Waals surface area contributed by atoms with Gasteiger partial charge in [-0.3, -0.25) is 18.9 Å². The van der Waals surface area contributed by atoms with Crippen LogP contribution in [0.15, 0.2) is 72.9 Å². The zero-order valence-electron chi connectivity index (χ0n) is 31.5. The quantitative estimate of drug-likeness (QED) is 0.0165. The Morgan fingerprint density at radius 3 is 1.73 bits per heavy atom. The topological polar surface area (TPSA) is 136 Å². The summed E-state index contributed by atoms with van der Waals surface area (Å²) in [5, 5.41) is 0. The normalized spacial score (nSPS) is 13.2. The van der Waals surface area contributed by atoms with E-state index in [1.165, 1.54) is 19.3 Å². The van der Waals surface area contributed by atoms with E-state index in [9.17, 15) is 18.9 Å². The van der Waals surface area contributed by atoms with Crippen molar-refractivity contribution in [3.63, 3.8) is 0 Å². The summed E-state index contributed by atoms with van der Waals surface area (Å²) in [6, 6.07) is 0. The third kappa shape index (κ3) is 38.2. The van der Waals surface area contributed by atoms with Crippen molar-refractivity contribution in [1.82, 2.24) is 0 Å². The van der Waals surface area contributed by atoms with Gasteiger partial charge in [-0.15, -0.1) is 0 Å². The number of carbonyl (C=O) groups is 3. The number of ether oxygens (including phenoxy) is 2. The molecule has 0 fully saturated rings. The Kier molecular flexibility index (Phi) is 33.6. The Balaban J connectivity index is 4.16. The minimum absolute atomic E-state index is 0.103. The SMILES string of the molecule is CCCCC/C=C\C/C=C\CCCCCCCC(=O)OC[C@H](COP(=O)(O)O)OC(=O)CCC/C=C\C/C=C\C/C=C\C=C\C(=O)CCCCC. The summed E-state index contributed by atoms with van der Waals surface area (Å²) in [6.07, 6.45) is 41.8. The Morgan fingerprint density at radius 2 is 1.08 bits per heavy atom. The molecule has 0 rings (SSSR count). The summed E-state index contributed by atoms with van der Waals surface area (Å²) in [7, 11) is -4.79. The molecule has 290 valence electrons. The number of esters is 2. The van der Waals surface area contributed by atoms with Crippen molar-refractivity contribution in [2.75, 3.05) is 13.2 Å². The van der Waals surface area contributed by atoms with Crippen LogP contribution in [0.1, 0.15) is 149 Å². The van der Waals surface area contributed by atoms with Gasteiger partial charge < -0.3 is 19.3 Å². The van der Waals surface area contributed by atoms with E-state index in [-0.39, 0.29) is 25.2 Å². The highest BCUT2D eigenvalue weighted by Gasteiger charge is 2.22. The molecule has 51 heavy (non-hydrogen) atoms. The number of ketones is 1. The number of rotatable bonds is 34. The number of phosphoric acid groups is 1. The lowest BCUT2D eigenvalue weighted by molar-refractivity contribution is -0.161. The van der Waals surface area contributed by atoms with E-state index < -0.39 is 32.5 Å². The van der Waals surface area contributed by atoms with Crippen molar-refractivity contribution in [1.29, 1.82) is 0 Å². The number of unbranched alkanes of at least 4 members (excludes halogenated alkanes) is 11. The van der Waals surface area contributed by atoms with Crippen LogP contribution in [0, 0.1) is 0 Å². The Hall–Kier alpha value is -2.84. The standard InChI is InChI=1S/C41H67O9P/c1-3-5-7-8-9-10-11-12-13-14-17-20-23-26-30-34-40(43)48-36-39(37-49-51(45,46)47)50-41(44)35-31-27-24-21-18-15-16-19-22-25-29-33-38(42)32-28-6-4-2/h9-10,12-13,15-16,21-22,24-25,29,33,39H,3-8,11,14,17-20,23,26-28,30-32,34-37H2,1-2H3,(H2,45,46,47)/b10-9-,13-12-,16-15-,24-21-,25-22-,33-29+/t39-/m1/s1. The fraction of sp³-hybridized carbons (Fsp3) is 0.634. The molecule has 10 heteroatoms. The van der Waals surface area contributed by atoms with E-state index in [2.05, 4.69) is 42.7 Å². The zero-order valence-corrected chi connectivity index (χ0v) is 32.4. The second-order valence-corrected chi connectivity index (χ2v) is 13.8. The van der Waals surface area contributed by atoms with Gasteiger partial charge in [-0.1, -0.05) is 126 Å². The van der Waals surface area contributed by atoms with Crippen molar-refractivity contribution in [3.8, 4) is 0 Å². The van der Waals surface area contributed by atoms with Crippen molar-refractivity contribution < 1.29 is 42.7 Å². The van der Waals surface area contributed by atoms with Crippen molar-refractivity contribution in [3.05, 3.63) is 72.9 Å². The van der Waals surface area contributed by atoms with Crippen LogP contribution < -0.4 is 0 Å². The highest BCUT2D eigenvalue weighted by atomic mass is 31.2. The molecule has 0 radical (unpaired) electrons. The molecule has 0 saturated carbocycles. The van der Waals surface area contributed by atoms with Gasteiger partial charge in [0.2, 0.25) is 0 Å². The van der Waals surface area contributed by atoms with Crippen molar-refractivity contribution in [2.24, 2.45) is 0 Å². The van der Waals surface area contributed by atoms with Crippen LogP contribution in [-0.4, -0.2) is 46.8 Å². The number of hydrogen-bond donors (Lipinski definition) is 2. The lowest BCUT2D eigenvalue weighted by Gasteiger charge is -2.18. The van der Waals surface area contributed by atoms with Gasteiger partial charge in [0, 0.05) is 19.3 Å². The number of carbonyl (C=O) groups excluding carboxylic acids is 3. The maximum atomic E-state index is 12.3. The van der Waals surface area contributed by atoms with Crippen molar-refractivity contribution in [2.45, 2.75) is 155 Å². The van der Waals surface area contributed by atoms with E-state index >= 15 is 0 Å². The molecule has 0 aromatic heterocycles. The Bertz CT molecular complexity index is 1110. The second-order valence-electron chi connectivity index (χ2n) is 12.6. The molecule has 0 aromatic rings. The monoisotopic (exact) mass is 734 g/mol. The van der Waals surface area contributed by atoms with Crippen LogP contribution in [0.3, 0.4) is 0 Å². The fourth-order valence-electron chi connectivity index (χ4n) is 4.76. The third-order valence-corrected chi connectivity index (χ3v) is 8.16. The van der Waals surface area contributed by atoms with E-state index in [0.29, 0.717) is 25.7 Å². The zero-order chi connectivity index (χ0) is 37.7. The highest BCUT2D eigenvalue weighted by Crippen LogP contribution is 2.35. The van der Waals surface area contributed by atoms with Crippen LogP contribution in [0.2, 0.25) is 0 Å². The van der Waals surface area contributed by atoms with E-state index in [1.54, 1.807) is 12.2 Å². The van der Waals surface area contributed by atoms with Gasteiger partial charge in [0.25, 0.3) is 0 Å². The molecule has 0 aliphatic carbocycles. The van der Waals surface area contributed by atoms with E-state index in [4.69, 9.17) is 19.3 Å². The third-order valence-electron chi connectivity index (χ3n) is 7.67.